The number of hydrogen-bond acceptors (Lipinski definition) is 5. The maximum Gasteiger partial charge on any atom is 0.250 e. The summed E-state index contributed by atoms with van der Waals surface area (Å²) in [5.74, 6) is 0. The van der Waals surface area contributed by atoms with E-state index in [0.29, 0.717) is 28.6 Å². The van der Waals surface area contributed by atoms with Gasteiger partial charge in [0.05, 0.1) is 28.6 Å². The molecule has 9 heteroatoms. The van der Waals surface area contributed by atoms with Gasteiger partial charge < -0.3 is 9.47 Å². The topological polar surface area (TPSA) is 64.6 Å². The molecule has 5 nitrogen and oxygen atoms in total. The molecule has 0 aliphatic carbocycles. The zero-order valence-corrected chi connectivity index (χ0v) is 13.6. The van der Waals surface area contributed by atoms with Gasteiger partial charge in [-0.25, -0.2) is 13.1 Å². The maximum absolute atomic E-state index is 11.8. The van der Waals surface area contributed by atoms with Crippen LogP contribution in [-0.4, -0.2) is 41.9 Å². The highest BCUT2D eigenvalue weighted by molar-refractivity contribution is 9.11. The molecule has 0 aliphatic rings. The van der Waals surface area contributed by atoms with Crippen LogP contribution in [0.3, 0.4) is 0 Å². The van der Waals surface area contributed by atoms with Crippen LogP contribution in [0.2, 0.25) is 5.02 Å². The minimum atomic E-state index is -3.51. The second-order valence-electron chi connectivity index (χ2n) is 3.19. The molecule has 0 aliphatic heterocycles. The van der Waals surface area contributed by atoms with Crippen LogP contribution >= 0.6 is 38.9 Å². The van der Waals surface area contributed by atoms with Crippen molar-refractivity contribution in [2.45, 2.75) is 4.21 Å². The van der Waals surface area contributed by atoms with Gasteiger partial charge in [-0.3, -0.25) is 0 Å². The molecule has 0 atom stereocenters. The van der Waals surface area contributed by atoms with Crippen molar-refractivity contribution in [2.75, 3.05) is 33.5 Å². The van der Waals surface area contributed by atoms with Crippen molar-refractivity contribution in [3.63, 3.8) is 0 Å². The van der Waals surface area contributed by atoms with Crippen LogP contribution in [0.25, 0.3) is 0 Å². The minimum Gasteiger partial charge on any atom is -0.382 e. The fourth-order valence-electron chi connectivity index (χ4n) is 1.02. The average molecular weight is 379 g/mol. The molecular formula is C9H13BrClNO4S2. The first-order chi connectivity index (χ1) is 8.47. The summed E-state index contributed by atoms with van der Waals surface area (Å²) < 4.78 is 36.8. The summed E-state index contributed by atoms with van der Waals surface area (Å²) in [6.45, 7) is 1.43. The molecule has 0 aromatic carbocycles. The van der Waals surface area contributed by atoms with Crippen molar-refractivity contribution in [2.24, 2.45) is 0 Å². The van der Waals surface area contributed by atoms with Gasteiger partial charge in [0, 0.05) is 13.7 Å². The van der Waals surface area contributed by atoms with Crippen LogP contribution < -0.4 is 4.72 Å². The van der Waals surface area contributed by atoms with Gasteiger partial charge in [-0.05, 0) is 22.0 Å². The fraction of sp³-hybridized carbons (Fsp3) is 0.556. The second kappa shape index (κ2) is 7.78. The van der Waals surface area contributed by atoms with Crippen LogP contribution in [0.15, 0.2) is 14.1 Å². The van der Waals surface area contributed by atoms with Gasteiger partial charge in [0.1, 0.15) is 4.21 Å². The molecule has 104 valence electrons. The number of hydrogen-bond donors (Lipinski definition) is 1. The Bertz CT molecular complexity index is 457. The molecule has 0 saturated carbocycles. The van der Waals surface area contributed by atoms with Crippen molar-refractivity contribution in [3.8, 4) is 0 Å². The van der Waals surface area contributed by atoms with Crippen molar-refractivity contribution in [3.05, 3.63) is 14.9 Å². The van der Waals surface area contributed by atoms with Crippen LogP contribution in [0.1, 0.15) is 0 Å². The van der Waals surface area contributed by atoms with Crippen LogP contribution in [0.4, 0.5) is 0 Å². The lowest BCUT2D eigenvalue weighted by Gasteiger charge is -2.05. The third kappa shape index (κ3) is 5.12. The fourth-order valence-corrected chi connectivity index (χ4v) is 4.48. The first kappa shape index (κ1) is 16.4. The molecule has 1 N–H and O–H groups in total. The number of ether oxygens (including phenoxy) is 2. The SMILES string of the molecule is COCCOCCNS(=O)(=O)c1cc(Cl)c(Br)s1. The summed E-state index contributed by atoms with van der Waals surface area (Å²) in [6.07, 6.45) is 0. The van der Waals surface area contributed by atoms with Crippen molar-refractivity contribution < 1.29 is 17.9 Å². The maximum atomic E-state index is 11.8. The predicted octanol–water partition coefficient (Wildman–Crippen LogP) is 2.11. The number of methoxy groups -OCH3 is 1. The summed E-state index contributed by atoms with van der Waals surface area (Å²) >= 11 is 10.0. The van der Waals surface area contributed by atoms with E-state index in [1.165, 1.54) is 6.07 Å². The second-order valence-corrected chi connectivity index (χ2v) is 7.96. The molecule has 0 amide bonds. The highest BCUT2D eigenvalue weighted by Gasteiger charge is 2.18. The Kier molecular flexibility index (Phi) is 7.07. The Hall–Kier alpha value is 0.300. The zero-order chi connectivity index (χ0) is 13.6. The van der Waals surface area contributed by atoms with Crippen molar-refractivity contribution in [1.82, 2.24) is 4.72 Å². The number of rotatable bonds is 8. The van der Waals surface area contributed by atoms with E-state index >= 15 is 0 Å². The highest BCUT2D eigenvalue weighted by Crippen LogP contribution is 2.34. The molecule has 0 spiro atoms. The van der Waals surface area contributed by atoms with Crippen molar-refractivity contribution >= 4 is 48.9 Å². The molecule has 1 heterocycles. The molecule has 0 bridgehead atoms. The standard InChI is InChI=1S/C9H13BrClNO4S2/c1-15-4-5-16-3-2-12-18(13,14)8-6-7(11)9(10)17-8/h6,12H,2-5H2,1H3. The van der Waals surface area contributed by atoms with Crippen LogP contribution in [-0.2, 0) is 19.5 Å². The minimum absolute atomic E-state index is 0.177. The van der Waals surface area contributed by atoms with E-state index in [1.807, 2.05) is 0 Å². The summed E-state index contributed by atoms with van der Waals surface area (Å²) in [4.78, 5) is 0. The van der Waals surface area contributed by atoms with Crippen LogP contribution in [0, 0.1) is 0 Å². The third-order valence-electron chi connectivity index (χ3n) is 1.86. The summed E-state index contributed by atoms with van der Waals surface area (Å²) in [5.41, 5.74) is 0. The first-order valence-corrected chi connectivity index (χ1v) is 8.45. The molecule has 1 aromatic heterocycles. The third-order valence-corrected chi connectivity index (χ3v) is 6.27. The Morgan fingerprint density at radius 2 is 2.17 bits per heavy atom. The van der Waals surface area contributed by atoms with Gasteiger partial charge in [-0.1, -0.05) is 11.6 Å². The van der Waals surface area contributed by atoms with E-state index in [2.05, 4.69) is 20.7 Å². The monoisotopic (exact) mass is 377 g/mol. The Morgan fingerprint density at radius 3 is 2.72 bits per heavy atom. The Balaban J connectivity index is 2.41. The summed E-state index contributed by atoms with van der Waals surface area (Å²) in [7, 11) is -1.94. The molecule has 0 saturated heterocycles. The highest BCUT2D eigenvalue weighted by atomic mass is 79.9. The molecule has 1 aromatic rings. The van der Waals surface area contributed by atoms with E-state index in [-0.39, 0.29) is 10.8 Å². The zero-order valence-electron chi connectivity index (χ0n) is 9.61. The normalized spacial score (nSPS) is 11.9. The first-order valence-electron chi connectivity index (χ1n) is 4.98. The van der Waals surface area contributed by atoms with Gasteiger partial charge in [0.2, 0.25) is 10.0 Å². The van der Waals surface area contributed by atoms with Gasteiger partial charge >= 0.3 is 0 Å². The van der Waals surface area contributed by atoms with E-state index in [9.17, 15) is 8.42 Å². The Labute approximate surface area is 124 Å². The average Bonchev–Trinajstić information content (AvgIpc) is 2.65. The quantitative estimate of drug-likeness (QED) is 0.704. The number of sulfonamides is 1. The lowest BCUT2D eigenvalue weighted by Crippen LogP contribution is -2.27. The molecular weight excluding hydrogens is 366 g/mol. The summed E-state index contributed by atoms with van der Waals surface area (Å²) in [5, 5.41) is 0.386. The van der Waals surface area contributed by atoms with E-state index in [4.69, 9.17) is 21.1 Å². The molecule has 1 rings (SSSR count). The predicted molar refractivity (Wildman–Crippen MR) is 74.9 cm³/mol. The molecule has 0 radical (unpaired) electrons. The number of nitrogens with one attached hydrogen (secondary N) is 1. The van der Waals surface area contributed by atoms with E-state index in [0.717, 1.165) is 11.3 Å². The van der Waals surface area contributed by atoms with E-state index in [1.54, 1.807) is 7.11 Å². The number of halogens is 2. The summed E-state index contributed by atoms with van der Waals surface area (Å²) in [6, 6.07) is 1.41. The number of thiophene rings is 1. The largest absolute Gasteiger partial charge is 0.382 e. The van der Waals surface area contributed by atoms with Gasteiger partial charge in [0.25, 0.3) is 0 Å². The van der Waals surface area contributed by atoms with Crippen LogP contribution in [0.5, 0.6) is 0 Å². The van der Waals surface area contributed by atoms with E-state index < -0.39 is 10.0 Å². The lowest BCUT2D eigenvalue weighted by molar-refractivity contribution is 0.0736. The Morgan fingerprint density at radius 1 is 1.44 bits per heavy atom. The lowest BCUT2D eigenvalue weighted by atomic mass is 10.7. The van der Waals surface area contributed by atoms with Gasteiger partial charge in [0.15, 0.2) is 0 Å². The smallest absolute Gasteiger partial charge is 0.250 e. The van der Waals surface area contributed by atoms with Gasteiger partial charge in [-0.15, -0.1) is 11.3 Å². The molecule has 0 fully saturated rings. The molecule has 18 heavy (non-hydrogen) atoms. The van der Waals surface area contributed by atoms with Gasteiger partial charge in [-0.2, -0.15) is 0 Å². The van der Waals surface area contributed by atoms with Crippen molar-refractivity contribution in [1.29, 1.82) is 0 Å². The molecule has 0 unspecified atom stereocenters.